The van der Waals surface area contributed by atoms with E-state index in [1.54, 1.807) is 31.2 Å². The molecule has 0 N–H and O–H groups in total. The minimum atomic E-state index is -0.487. The van der Waals surface area contributed by atoms with Crippen LogP contribution in [0.25, 0.3) is 11.1 Å². The molecule has 1 amide bonds. The zero-order chi connectivity index (χ0) is 31.6. The smallest absolute Gasteiger partial charge is 0.276 e. The van der Waals surface area contributed by atoms with Gasteiger partial charge >= 0.3 is 0 Å². The monoisotopic (exact) mass is 618 g/mol. The van der Waals surface area contributed by atoms with Crippen molar-refractivity contribution in [2.75, 3.05) is 26.2 Å². The molecule has 0 unspecified atom stereocenters. The molecule has 4 rings (SSSR count). The van der Waals surface area contributed by atoms with Gasteiger partial charge in [-0.2, -0.15) is 4.98 Å². The fourth-order valence-corrected chi connectivity index (χ4v) is 5.89. The molecule has 0 atom stereocenters. The van der Waals surface area contributed by atoms with Gasteiger partial charge in [-0.05, 0) is 66.9 Å². The van der Waals surface area contributed by atoms with Gasteiger partial charge in [0, 0.05) is 36.6 Å². The first-order valence-corrected chi connectivity index (χ1v) is 15.9. The Hall–Kier alpha value is -3.82. The highest BCUT2D eigenvalue weighted by atomic mass is 32.2. The Kier molecular flexibility index (Phi) is 11.9. The van der Waals surface area contributed by atoms with E-state index in [0.717, 1.165) is 41.9 Å². The summed E-state index contributed by atoms with van der Waals surface area (Å²) >= 11 is 1.36. The molecule has 1 aromatic heterocycles. The third-order valence-electron chi connectivity index (χ3n) is 7.97. The van der Waals surface area contributed by atoms with Crippen molar-refractivity contribution >= 4 is 17.7 Å². The molecule has 0 fully saturated rings. The molecule has 4 aromatic rings. The molecule has 0 radical (unpaired) electrons. The van der Waals surface area contributed by atoms with Crippen LogP contribution in [0.5, 0.6) is 0 Å². The summed E-state index contributed by atoms with van der Waals surface area (Å²) in [5.74, 6) is 0.106. The van der Waals surface area contributed by atoms with E-state index in [0.29, 0.717) is 40.8 Å². The van der Waals surface area contributed by atoms with E-state index in [2.05, 4.69) is 23.7 Å². The van der Waals surface area contributed by atoms with Crippen LogP contribution in [0.1, 0.15) is 41.8 Å². The molecule has 0 aliphatic carbocycles. The van der Waals surface area contributed by atoms with Crippen LogP contribution in [-0.4, -0.2) is 51.4 Å². The molecule has 3 aromatic carbocycles. The molecule has 1 heterocycles. The molecule has 6 nitrogen and oxygen atoms in total. The molecule has 0 spiro atoms. The lowest BCUT2D eigenvalue weighted by molar-refractivity contribution is -0.132. The Morgan fingerprint density at radius 1 is 0.841 bits per heavy atom. The van der Waals surface area contributed by atoms with Crippen molar-refractivity contribution in [1.29, 1.82) is 0 Å². The van der Waals surface area contributed by atoms with Crippen molar-refractivity contribution in [2.45, 2.75) is 58.4 Å². The number of nitrogens with zero attached hydrogens (tertiary/aromatic N) is 4. The SMILES string of the molecule is CCN(CC)CCN(Cc1ccc(-c2ccc(CF)cc2)cc1)C(=O)Cn1c(SCc2ccc(F)cc2)nc(=O)c(C)c1C. The second-order valence-corrected chi connectivity index (χ2v) is 11.7. The number of halogens is 2. The second-order valence-electron chi connectivity index (χ2n) is 10.8. The molecular formula is C35H40F2N4O2S. The number of carbonyl (C=O) groups excluding carboxylic acids is 1. The first kappa shape index (κ1) is 33.1. The molecule has 0 bridgehead atoms. The maximum atomic E-state index is 14.0. The second kappa shape index (κ2) is 15.8. The van der Waals surface area contributed by atoms with Crippen molar-refractivity contribution in [1.82, 2.24) is 19.4 Å². The zero-order valence-electron chi connectivity index (χ0n) is 25.9. The van der Waals surface area contributed by atoms with Gasteiger partial charge in [-0.3, -0.25) is 9.59 Å². The summed E-state index contributed by atoms with van der Waals surface area (Å²) in [6.07, 6.45) is 0. The fourth-order valence-electron chi connectivity index (χ4n) is 4.90. The van der Waals surface area contributed by atoms with Gasteiger partial charge in [0.2, 0.25) is 5.91 Å². The number of carbonyl (C=O) groups is 1. The van der Waals surface area contributed by atoms with Crippen LogP contribution in [0.2, 0.25) is 0 Å². The number of thioether (sulfide) groups is 1. The van der Waals surface area contributed by atoms with Gasteiger partial charge in [-0.25, -0.2) is 8.78 Å². The summed E-state index contributed by atoms with van der Waals surface area (Å²) in [7, 11) is 0. The Balaban J connectivity index is 1.56. The lowest BCUT2D eigenvalue weighted by atomic mass is 10.0. The van der Waals surface area contributed by atoms with Gasteiger partial charge in [-0.1, -0.05) is 86.3 Å². The minimum absolute atomic E-state index is 0.0446. The Labute approximate surface area is 262 Å². The summed E-state index contributed by atoms with van der Waals surface area (Å²) in [4.78, 5) is 35.1. The predicted molar refractivity (Wildman–Crippen MR) is 174 cm³/mol. The van der Waals surface area contributed by atoms with Gasteiger partial charge in [0.25, 0.3) is 5.56 Å². The number of rotatable bonds is 14. The van der Waals surface area contributed by atoms with Crippen LogP contribution in [0.4, 0.5) is 8.78 Å². The molecular weight excluding hydrogens is 578 g/mol. The Bertz CT molecular complexity index is 1590. The highest BCUT2D eigenvalue weighted by Crippen LogP contribution is 2.24. The van der Waals surface area contributed by atoms with Crippen LogP contribution in [-0.2, 0) is 30.3 Å². The van der Waals surface area contributed by atoms with Crippen molar-refractivity contribution < 1.29 is 13.6 Å². The van der Waals surface area contributed by atoms with E-state index in [1.807, 2.05) is 52.8 Å². The maximum Gasteiger partial charge on any atom is 0.276 e. The average Bonchev–Trinajstić information content (AvgIpc) is 3.05. The molecule has 9 heteroatoms. The summed E-state index contributed by atoms with van der Waals surface area (Å²) < 4.78 is 28.2. The summed E-state index contributed by atoms with van der Waals surface area (Å²) in [5.41, 5.74) is 5.46. The largest absolute Gasteiger partial charge is 0.336 e. The van der Waals surface area contributed by atoms with Crippen molar-refractivity contribution in [2.24, 2.45) is 0 Å². The number of alkyl halides is 1. The lowest BCUT2D eigenvalue weighted by Crippen LogP contribution is -2.40. The van der Waals surface area contributed by atoms with E-state index in [4.69, 9.17) is 0 Å². The third-order valence-corrected chi connectivity index (χ3v) is 9.02. The molecule has 232 valence electrons. The molecule has 0 saturated heterocycles. The van der Waals surface area contributed by atoms with E-state index < -0.39 is 6.67 Å². The van der Waals surface area contributed by atoms with Crippen molar-refractivity contribution in [3.8, 4) is 11.1 Å². The van der Waals surface area contributed by atoms with Gasteiger partial charge in [0.15, 0.2) is 5.16 Å². The summed E-state index contributed by atoms with van der Waals surface area (Å²) in [6, 6.07) is 21.7. The van der Waals surface area contributed by atoms with Crippen molar-refractivity contribution in [3.05, 3.63) is 117 Å². The van der Waals surface area contributed by atoms with E-state index in [9.17, 15) is 18.4 Å². The van der Waals surface area contributed by atoms with Crippen molar-refractivity contribution in [3.63, 3.8) is 0 Å². The van der Waals surface area contributed by atoms with Gasteiger partial charge in [-0.15, -0.1) is 0 Å². The summed E-state index contributed by atoms with van der Waals surface area (Å²) in [6.45, 7) is 10.8. The third kappa shape index (κ3) is 8.64. The highest BCUT2D eigenvalue weighted by molar-refractivity contribution is 7.98. The topological polar surface area (TPSA) is 58.4 Å². The molecule has 44 heavy (non-hydrogen) atoms. The molecule has 0 aliphatic rings. The van der Waals surface area contributed by atoms with Crippen LogP contribution >= 0.6 is 11.8 Å². The number of hydrogen-bond acceptors (Lipinski definition) is 5. The first-order valence-electron chi connectivity index (χ1n) is 14.9. The van der Waals surface area contributed by atoms with E-state index in [-0.39, 0.29) is 23.8 Å². The van der Waals surface area contributed by atoms with Crippen LogP contribution in [0.3, 0.4) is 0 Å². The van der Waals surface area contributed by atoms with Crippen LogP contribution < -0.4 is 5.56 Å². The van der Waals surface area contributed by atoms with E-state index in [1.165, 1.54) is 23.9 Å². The number of hydrogen-bond donors (Lipinski definition) is 0. The number of amides is 1. The van der Waals surface area contributed by atoms with Crippen LogP contribution in [0.15, 0.2) is 82.7 Å². The van der Waals surface area contributed by atoms with Gasteiger partial charge in [0.1, 0.15) is 19.0 Å². The first-order chi connectivity index (χ1) is 21.2. The number of likely N-dealkylation sites (N-methyl/N-ethyl adjacent to an activating group) is 1. The van der Waals surface area contributed by atoms with Gasteiger partial charge in [0.05, 0.1) is 0 Å². The predicted octanol–water partition coefficient (Wildman–Crippen LogP) is 6.80. The fraction of sp³-hybridized carbons (Fsp3) is 0.343. The minimum Gasteiger partial charge on any atom is -0.336 e. The van der Waals surface area contributed by atoms with Crippen LogP contribution in [0, 0.1) is 19.7 Å². The molecule has 0 aliphatic heterocycles. The van der Waals surface area contributed by atoms with Gasteiger partial charge < -0.3 is 14.4 Å². The average molecular weight is 619 g/mol. The molecule has 0 saturated carbocycles. The normalized spacial score (nSPS) is 11.2. The zero-order valence-corrected chi connectivity index (χ0v) is 26.7. The number of benzene rings is 3. The number of aromatic nitrogens is 2. The lowest BCUT2D eigenvalue weighted by Gasteiger charge is -2.28. The van der Waals surface area contributed by atoms with E-state index >= 15 is 0 Å². The quantitative estimate of drug-likeness (QED) is 0.115. The Morgan fingerprint density at radius 2 is 1.41 bits per heavy atom. The standard InChI is InChI=1S/C35H40F2N4O2S/c1-5-39(6-2)19-20-40(22-28-9-15-31(16-10-28)30-13-7-27(21-36)8-14-30)33(42)23-41-26(4)25(3)34(43)38-35(41)44-24-29-11-17-32(37)18-12-29/h7-18H,5-6,19-24H2,1-4H3. The highest BCUT2D eigenvalue weighted by Gasteiger charge is 2.20. The Morgan fingerprint density at radius 3 is 1.98 bits per heavy atom. The summed E-state index contributed by atoms with van der Waals surface area (Å²) in [5, 5.41) is 0.461. The maximum absolute atomic E-state index is 14.0.